The predicted octanol–water partition coefficient (Wildman–Crippen LogP) is 7.42. The zero-order valence-electron chi connectivity index (χ0n) is 18.0. The number of allylic oxidation sites excluding steroid dienone is 2. The van der Waals surface area contributed by atoms with Crippen LogP contribution in [0.25, 0.3) is 0 Å². The number of rotatable bonds is 21. The maximum atomic E-state index is 10.5. The van der Waals surface area contributed by atoms with Gasteiger partial charge < -0.3 is 10.2 Å². The first-order valence-corrected chi connectivity index (χ1v) is 11.7. The molecule has 0 heterocycles. The van der Waals surface area contributed by atoms with Crippen molar-refractivity contribution in [2.24, 2.45) is 0 Å². The van der Waals surface area contributed by atoms with Crippen LogP contribution in [0.15, 0.2) is 12.2 Å². The van der Waals surface area contributed by atoms with Crippen LogP contribution >= 0.6 is 0 Å². The third kappa shape index (κ3) is 21.3. The largest absolute Gasteiger partial charge is 0.479 e. The van der Waals surface area contributed by atoms with Crippen LogP contribution in [0, 0.1) is 0 Å². The molecular formula is C24H46O3. The lowest BCUT2D eigenvalue weighted by Crippen LogP contribution is -2.18. The Hall–Kier alpha value is -0.830. The van der Waals surface area contributed by atoms with E-state index in [1.165, 1.54) is 96.3 Å². The third-order valence-corrected chi connectivity index (χ3v) is 5.27. The van der Waals surface area contributed by atoms with Gasteiger partial charge in [-0.3, -0.25) is 0 Å². The minimum atomic E-state index is -1.17. The summed E-state index contributed by atoms with van der Waals surface area (Å²) in [5, 5.41) is 17.8. The molecule has 1 unspecified atom stereocenters. The maximum Gasteiger partial charge on any atom is 0.332 e. The summed E-state index contributed by atoms with van der Waals surface area (Å²) in [6, 6.07) is 0. The molecular weight excluding hydrogens is 336 g/mol. The van der Waals surface area contributed by atoms with Crippen LogP contribution in [-0.2, 0) is 4.79 Å². The Morgan fingerprint density at radius 3 is 1.44 bits per heavy atom. The highest BCUT2D eigenvalue weighted by Gasteiger charge is 2.11. The molecule has 3 nitrogen and oxygen atoms in total. The van der Waals surface area contributed by atoms with Crippen molar-refractivity contribution in [1.29, 1.82) is 0 Å². The summed E-state index contributed by atoms with van der Waals surface area (Å²) in [6.45, 7) is 2.27. The van der Waals surface area contributed by atoms with Crippen molar-refractivity contribution in [3.05, 3.63) is 12.2 Å². The highest BCUT2D eigenvalue weighted by molar-refractivity contribution is 5.71. The lowest BCUT2D eigenvalue weighted by Gasteiger charge is -2.05. The van der Waals surface area contributed by atoms with Gasteiger partial charge in [-0.1, -0.05) is 109 Å². The summed E-state index contributed by atoms with van der Waals surface area (Å²) in [7, 11) is 0. The summed E-state index contributed by atoms with van der Waals surface area (Å²) in [5.41, 5.74) is 0. The van der Waals surface area contributed by atoms with Crippen molar-refractivity contribution in [3.63, 3.8) is 0 Å². The molecule has 0 saturated heterocycles. The minimum absolute atomic E-state index is 0.392. The van der Waals surface area contributed by atoms with Gasteiger partial charge in [0.2, 0.25) is 0 Å². The fraction of sp³-hybridized carbons (Fsp3) is 0.875. The van der Waals surface area contributed by atoms with E-state index in [1.807, 2.05) is 0 Å². The Labute approximate surface area is 168 Å². The molecule has 0 aromatic heterocycles. The molecule has 0 aromatic carbocycles. The van der Waals surface area contributed by atoms with Gasteiger partial charge in [-0.15, -0.1) is 0 Å². The van der Waals surface area contributed by atoms with Crippen LogP contribution in [0.3, 0.4) is 0 Å². The molecule has 0 rings (SSSR count). The Bertz CT molecular complexity index is 339. The topological polar surface area (TPSA) is 57.5 Å². The second kappa shape index (κ2) is 21.5. The third-order valence-electron chi connectivity index (χ3n) is 5.27. The number of aliphatic hydroxyl groups is 1. The van der Waals surface area contributed by atoms with Gasteiger partial charge >= 0.3 is 5.97 Å². The molecule has 0 spiro atoms. The van der Waals surface area contributed by atoms with Crippen LogP contribution in [0.1, 0.15) is 129 Å². The fourth-order valence-electron chi connectivity index (χ4n) is 3.42. The molecule has 0 fully saturated rings. The second-order valence-corrected chi connectivity index (χ2v) is 7.99. The van der Waals surface area contributed by atoms with Crippen LogP contribution in [-0.4, -0.2) is 22.3 Å². The van der Waals surface area contributed by atoms with Gasteiger partial charge in [0.15, 0.2) is 6.10 Å². The van der Waals surface area contributed by atoms with Gasteiger partial charge in [0, 0.05) is 0 Å². The van der Waals surface area contributed by atoms with Crippen molar-refractivity contribution < 1.29 is 15.0 Å². The summed E-state index contributed by atoms with van der Waals surface area (Å²) in [6.07, 6.45) is 27.1. The van der Waals surface area contributed by atoms with Gasteiger partial charge in [0.25, 0.3) is 0 Å². The van der Waals surface area contributed by atoms with E-state index >= 15 is 0 Å². The van der Waals surface area contributed by atoms with E-state index in [0.717, 1.165) is 19.3 Å². The van der Waals surface area contributed by atoms with Gasteiger partial charge in [-0.25, -0.2) is 4.79 Å². The summed E-state index contributed by atoms with van der Waals surface area (Å²) in [4.78, 5) is 10.5. The lowest BCUT2D eigenvalue weighted by atomic mass is 10.0. The normalized spacial score (nSPS) is 12.7. The van der Waals surface area contributed by atoms with E-state index in [-0.39, 0.29) is 0 Å². The zero-order chi connectivity index (χ0) is 20.0. The Morgan fingerprint density at radius 2 is 1.04 bits per heavy atom. The molecule has 0 aliphatic rings. The van der Waals surface area contributed by atoms with E-state index < -0.39 is 12.1 Å². The number of hydrogen-bond acceptors (Lipinski definition) is 2. The van der Waals surface area contributed by atoms with E-state index in [2.05, 4.69) is 19.1 Å². The minimum Gasteiger partial charge on any atom is -0.479 e. The number of carboxylic acids is 1. The molecule has 0 radical (unpaired) electrons. The monoisotopic (exact) mass is 382 g/mol. The Morgan fingerprint density at radius 1 is 0.667 bits per heavy atom. The SMILES string of the molecule is CCCCCCCC/C=C/CCCCCCCCCCCCC(O)C(=O)O. The van der Waals surface area contributed by atoms with Gasteiger partial charge in [0.1, 0.15) is 0 Å². The van der Waals surface area contributed by atoms with E-state index in [1.54, 1.807) is 0 Å². The maximum absolute atomic E-state index is 10.5. The standard InChI is InChI=1S/C24H46O3/c1-2-3-4-5-6-7-8-9-10-11-12-13-14-15-16-17-18-19-20-21-22-23(25)24(26)27/h9-10,23,25H,2-8,11-22H2,1H3,(H,26,27)/b10-9+. The van der Waals surface area contributed by atoms with Crippen molar-refractivity contribution in [3.8, 4) is 0 Å². The van der Waals surface area contributed by atoms with Crippen molar-refractivity contribution >= 4 is 5.97 Å². The number of unbranched alkanes of at least 4 members (excludes halogenated alkanes) is 16. The molecule has 0 bridgehead atoms. The molecule has 3 heteroatoms. The smallest absolute Gasteiger partial charge is 0.332 e. The average molecular weight is 383 g/mol. The Balaban J connectivity index is 3.12. The van der Waals surface area contributed by atoms with Gasteiger partial charge in [-0.05, 0) is 32.1 Å². The first-order chi connectivity index (χ1) is 13.2. The summed E-state index contributed by atoms with van der Waals surface area (Å²) < 4.78 is 0. The first kappa shape index (κ1) is 26.2. The van der Waals surface area contributed by atoms with Crippen molar-refractivity contribution in [2.75, 3.05) is 0 Å². The van der Waals surface area contributed by atoms with Crippen LogP contribution in [0.2, 0.25) is 0 Å². The molecule has 2 N–H and O–H groups in total. The molecule has 1 atom stereocenters. The Kier molecular flexibility index (Phi) is 20.8. The van der Waals surface area contributed by atoms with Gasteiger partial charge in [0.05, 0.1) is 0 Å². The molecule has 0 saturated carbocycles. The van der Waals surface area contributed by atoms with Crippen LogP contribution < -0.4 is 0 Å². The molecule has 27 heavy (non-hydrogen) atoms. The van der Waals surface area contributed by atoms with E-state index in [9.17, 15) is 9.90 Å². The fourth-order valence-corrected chi connectivity index (χ4v) is 3.42. The van der Waals surface area contributed by atoms with Crippen molar-refractivity contribution in [1.82, 2.24) is 0 Å². The molecule has 160 valence electrons. The number of carboxylic acid groups (broad SMARTS) is 1. The van der Waals surface area contributed by atoms with Gasteiger partial charge in [-0.2, -0.15) is 0 Å². The molecule has 0 aromatic rings. The second-order valence-electron chi connectivity index (χ2n) is 7.99. The summed E-state index contributed by atoms with van der Waals surface area (Å²) >= 11 is 0. The number of aliphatic carboxylic acids is 1. The highest BCUT2D eigenvalue weighted by atomic mass is 16.4. The molecule has 0 aliphatic heterocycles. The summed E-state index contributed by atoms with van der Waals surface area (Å²) in [5.74, 6) is -1.09. The van der Waals surface area contributed by atoms with Crippen molar-refractivity contribution in [2.45, 2.75) is 135 Å². The zero-order valence-corrected chi connectivity index (χ0v) is 18.0. The number of carbonyl (C=O) groups is 1. The van der Waals surface area contributed by atoms with E-state index in [4.69, 9.17) is 5.11 Å². The lowest BCUT2D eigenvalue weighted by molar-refractivity contribution is -0.146. The van der Waals surface area contributed by atoms with Crippen LogP contribution in [0.5, 0.6) is 0 Å². The van der Waals surface area contributed by atoms with Crippen LogP contribution in [0.4, 0.5) is 0 Å². The first-order valence-electron chi connectivity index (χ1n) is 11.7. The average Bonchev–Trinajstić information content (AvgIpc) is 2.66. The molecule has 0 aliphatic carbocycles. The predicted molar refractivity (Wildman–Crippen MR) is 116 cm³/mol. The molecule has 0 amide bonds. The highest BCUT2D eigenvalue weighted by Crippen LogP contribution is 2.13. The number of aliphatic hydroxyl groups excluding tert-OH is 1. The number of hydrogen-bond donors (Lipinski definition) is 2. The quantitative estimate of drug-likeness (QED) is 0.160. The van der Waals surface area contributed by atoms with E-state index in [0.29, 0.717) is 6.42 Å².